The van der Waals surface area contributed by atoms with Crippen LogP contribution in [0.4, 0.5) is 5.69 Å². The van der Waals surface area contributed by atoms with Gasteiger partial charge in [0.25, 0.3) is 0 Å². The molecule has 2 aromatic rings. The number of halogens is 1. The van der Waals surface area contributed by atoms with Crippen LogP contribution in [0.2, 0.25) is 0 Å². The van der Waals surface area contributed by atoms with Gasteiger partial charge in [0.15, 0.2) is 11.5 Å². The van der Waals surface area contributed by atoms with E-state index in [0.717, 1.165) is 15.7 Å². The molecule has 0 spiro atoms. The van der Waals surface area contributed by atoms with Crippen LogP contribution in [0, 0.1) is 0 Å². The monoisotopic (exact) mass is 403 g/mol. The second-order valence-electron chi connectivity index (χ2n) is 5.84. The number of carbonyl (C=O) groups is 1. The van der Waals surface area contributed by atoms with E-state index in [-0.39, 0.29) is 5.91 Å². The van der Waals surface area contributed by atoms with Gasteiger partial charge in [-0.25, -0.2) is 0 Å². The summed E-state index contributed by atoms with van der Waals surface area (Å²) in [6.45, 7) is 4.27. The van der Waals surface area contributed by atoms with Gasteiger partial charge in [-0.1, -0.05) is 26.0 Å². The molecule has 0 fully saturated rings. The average Bonchev–Trinajstić information content (AvgIpc) is 2.59. The largest absolute Gasteiger partial charge is 0.493 e. The van der Waals surface area contributed by atoms with Gasteiger partial charge < -0.3 is 14.8 Å². The number of nitrogens with one attached hydrogen (secondary N) is 1. The van der Waals surface area contributed by atoms with Crippen molar-refractivity contribution in [1.29, 1.82) is 0 Å². The van der Waals surface area contributed by atoms with Gasteiger partial charge in [0.2, 0.25) is 5.91 Å². The Balaban J connectivity index is 2.08. The number of amides is 1. The van der Waals surface area contributed by atoms with E-state index in [1.807, 2.05) is 36.4 Å². The molecular formula is C20H22BrNO3. The number of anilines is 1. The van der Waals surface area contributed by atoms with Gasteiger partial charge in [-0.2, -0.15) is 0 Å². The number of benzene rings is 2. The Morgan fingerprint density at radius 3 is 2.36 bits per heavy atom. The predicted octanol–water partition coefficient (Wildman–Crippen LogP) is 5.24. The Hall–Kier alpha value is -2.27. The van der Waals surface area contributed by atoms with E-state index in [0.29, 0.717) is 17.4 Å². The minimum Gasteiger partial charge on any atom is -0.493 e. The van der Waals surface area contributed by atoms with Crippen molar-refractivity contribution in [2.24, 2.45) is 0 Å². The van der Waals surface area contributed by atoms with Crippen molar-refractivity contribution in [3.8, 4) is 11.5 Å². The summed E-state index contributed by atoms with van der Waals surface area (Å²) in [4.78, 5) is 12.1. The van der Waals surface area contributed by atoms with Crippen molar-refractivity contribution in [2.75, 3.05) is 19.5 Å². The maximum absolute atomic E-state index is 12.1. The second-order valence-corrected chi connectivity index (χ2v) is 6.69. The van der Waals surface area contributed by atoms with Crippen molar-refractivity contribution in [2.45, 2.75) is 19.8 Å². The molecule has 0 aliphatic carbocycles. The van der Waals surface area contributed by atoms with Gasteiger partial charge >= 0.3 is 0 Å². The molecule has 1 amide bonds. The van der Waals surface area contributed by atoms with Gasteiger partial charge in [0.1, 0.15) is 0 Å². The van der Waals surface area contributed by atoms with Gasteiger partial charge in [-0.05, 0) is 63.3 Å². The smallest absolute Gasteiger partial charge is 0.248 e. The van der Waals surface area contributed by atoms with Crippen LogP contribution in [-0.2, 0) is 4.79 Å². The Kier molecular flexibility index (Phi) is 6.65. The normalized spacial score (nSPS) is 11.0. The summed E-state index contributed by atoms with van der Waals surface area (Å²) in [6, 6.07) is 11.5. The molecule has 0 saturated carbocycles. The third kappa shape index (κ3) is 5.10. The van der Waals surface area contributed by atoms with E-state index >= 15 is 0 Å². The van der Waals surface area contributed by atoms with Crippen LogP contribution in [0.15, 0.2) is 46.9 Å². The van der Waals surface area contributed by atoms with Crippen LogP contribution in [0.1, 0.15) is 30.9 Å². The van der Waals surface area contributed by atoms with Crippen LogP contribution in [0.25, 0.3) is 6.08 Å². The molecule has 0 aliphatic rings. The highest BCUT2D eigenvalue weighted by molar-refractivity contribution is 9.10. The van der Waals surface area contributed by atoms with Gasteiger partial charge in [-0.15, -0.1) is 0 Å². The van der Waals surface area contributed by atoms with Crippen LogP contribution in [0.5, 0.6) is 11.5 Å². The lowest BCUT2D eigenvalue weighted by molar-refractivity contribution is -0.111. The molecule has 25 heavy (non-hydrogen) atoms. The Bertz CT molecular complexity index is 767. The molecular weight excluding hydrogens is 382 g/mol. The number of carbonyl (C=O) groups excluding carboxylic acids is 1. The first-order chi connectivity index (χ1) is 11.9. The minimum absolute atomic E-state index is 0.191. The Morgan fingerprint density at radius 1 is 1.12 bits per heavy atom. The summed E-state index contributed by atoms with van der Waals surface area (Å²) >= 11 is 3.44. The van der Waals surface area contributed by atoms with E-state index in [1.165, 1.54) is 11.6 Å². The summed E-state index contributed by atoms with van der Waals surface area (Å²) in [7, 11) is 3.15. The molecule has 5 heteroatoms. The lowest BCUT2D eigenvalue weighted by Gasteiger charge is -2.10. The molecule has 4 nitrogen and oxygen atoms in total. The summed E-state index contributed by atoms with van der Waals surface area (Å²) in [5, 5.41) is 2.85. The second kappa shape index (κ2) is 8.72. The van der Waals surface area contributed by atoms with Crippen molar-refractivity contribution < 1.29 is 14.3 Å². The highest BCUT2D eigenvalue weighted by Gasteiger charge is 2.09. The number of ether oxygens (including phenoxy) is 2. The minimum atomic E-state index is -0.191. The molecule has 0 heterocycles. The third-order valence-electron chi connectivity index (χ3n) is 3.73. The maximum atomic E-state index is 12.1. The molecule has 132 valence electrons. The van der Waals surface area contributed by atoms with Crippen LogP contribution < -0.4 is 14.8 Å². The first kappa shape index (κ1) is 19.1. The fourth-order valence-corrected chi connectivity index (χ4v) is 2.96. The van der Waals surface area contributed by atoms with Crippen molar-refractivity contribution in [1.82, 2.24) is 0 Å². The average molecular weight is 404 g/mol. The summed E-state index contributed by atoms with van der Waals surface area (Å²) in [5.41, 5.74) is 2.84. The SMILES string of the molecule is COc1cc(C=CC(=O)Nc2ccc(C(C)C)cc2)cc(Br)c1OC. The van der Waals surface area contributed by atoms with Crippen molar-refractivity contribution in [3.63, 3.8) is 0 Å². The topological polar surface area (TPSA) is 47.6 Å². The fourth-order valence-electron chi connectivity index (χ4n) is 2.34. The molecule has 0 aliphatic heterocycles. The van der Waals surface area contributed by atoms with E-state index in [2.05, 4.69) is 35.1 Å². The molecule has 0 saturated heterocycles. The van der Waals surface area contributed by atoms with Gasteiger partial charge in [0.05, 0.1) is 18.7 Å². The van der Waals surface area contributed by atoms with E-state index in [9.17, 15) is 4.79 Å². The Labute approximate surface area is 157 Å². The molecule has 2 aromatic carbocycles. The lowest BCUT2D eigenvalue weighted by Crippen LogP contribution is -2.07. The van der Waals surface area contributed by atoms with E-state index in [1.54, 1.807) is 20.3 Å². The fraction of sp³-hybridized carbons (Fsp3) is 0.250. The predicted molar refractivity (Wildman–Crippen MR) is 105 cm³/mol. The van der Waals surface area contributed by atoms with Crippen LogP contribution in [0.3, 0.4) is 0 Å². The molecule has 0 atom stereocenters. The van der Waals surface area contributed by atoms with E-state index < -0.39 is 0 Å². The molecule has 2 rings (SSSR count). The number of methoxy groups -OCH3 is 2. The third-order valence-corrected chi connectivity index (χ3v) is 4.32. The Morgan fingerprint density at radius 2 is 1.80 bits per heavy atom. The quantitative estimate of drug-likeness (QED) is 0.670. The van der Waals surface area contributed by atoms with Crippen LogP contribution >= 0.6 is 15.9 Å². The zero-order chi connectivity index (χ0) is 18.4. The van der Waals surface area contributed by atoms with Crippen LogP contribution in [-0.4, -0.2) is 20.1 Å². The maximum Gasteiger partial charge on any atom is 0.248 e. The summed E-state index contributed by atoms with van der Waals surface area (Å²) in [6.07, 6.45) is 3.22. The summed E-state index contributed by atoms with van der Waals surface area (Å²) < 4.78 is 11.3. The molecule has 0 bridgehead atoms. The summed E-state index contributed by atoms with van der Waals surface area (Å²) in [5.74, 6) is 1.49. The van der Waals surface area contributed by atoms with Gasteiger partial charge in [0, 0.05) is 11.8 Å². The highest BCUT2D eigenvalue weighted by Crippen LogP contribution is 2.36. The first-order valence-electron chi connectivity index (χ1n) is 7.95. The number of hydrogen-bond donors (Lipinski definition) is 1. The van der Waals surface area contributed by atoms with Crippen molar-refractivity contribution in [3.05, 3.63) is 58.1 Å². The highest BCUT2D eigenvalue weighted by atomic mass is 79.9. The zero-order valence-corrected chi connectivity index (χ0v) is 16.4. The molecule has 0 radical (unpaired) electrons. The van der Waals surface area contributed by atoms with Gasteiger partial charge in [-0.3, -0.25) is 4.79 Å². The molecule has 0 aromatic heterocycles. The zero-order valence-electron chi connectivity index (χ0n) is 14.8. The molecule has 1 N–H and O–H groups in total. The first-order valence-corrected chi connectivity index (χ1v) is 8.74. The molecule has 0 unspecified atom stereocenters. The standard InChI is InChI=1S/C20H22BrNO3/c1-13(2)15-6-8-16(9-7-15)22-19(23)10-5-14-11-17(21)20(25-4)18(12-14)24-3/h5-13H,1-4H3,(H,22,23). The number of rotatable bonds is 6. The lowest BCUT2D eigenvalue weighted by atomic mass is 10.0. The van der Waals surface area contributed by atoms with E-state index in [4.69, 9.17) is 9.47 Å². The van der Waals surface area contributed by atoms with Crippen molar-refractivity contribution >= 4 is 33.6 Å². The number of hydrogen-bond acceptors (Lipinski definition) is 3.